The molecule has 176 valence electrons. The van der Waals surface area contributed by atoms with E-state index in [1.54, 1.807) is 19.1 Å². The fraction of sp³-hybridized carbons (Fsp3) is 0.190. The molecule has 0 aliphatic carbocycles. The minimum Gasteiger partial charge on any atom is -0.508 e. The average molecular weight is 524 g/mol. The highest BCUT2D eigenvalue weighted by molar-refractivity contribution is 8.11. The van der Waals surface area contributed by atoms with E-state index in [1.165, 1.54) is 19.2 Å². The molecule has 0 amide bonds. The number of aliphatic imine (C=N–C) groups is 1. The predicted molar refractivity (Wildman–Crippen MR) is 122 cm³/mol. The van der Waals surface area contributed by atoms with Crippen molar-refractivity contribution < 1.29 is 26.6 Å². The van der Waals surface area contributed by atoms with Gasteiger partial charge in [-0.25, -0.2) is 14.1 Å². The van der Waals surface area contributed by atoms with E-state index in [0.717, 1.165) is 11.6 Å². The number of benzene rings is 2. The summed E-state index contributed by atoms with van der Waals surface area (Å²) in [4.78, 5) is 4.04. The first-order valence-electron chi connectivity index (χ1n) is 9.20. The molecule has 1 unspecified atom stereocenters. The van der Waals surface area contributed by atoms with Crippen LogP contribution in [0.2, 0.25) is 10.0 Å². The van der Waals surface area contributed by atoms with E-state index in [9.17, 15) is 26.6 Å². The Balaban J connectivity index is 2.27. The monoisotopic (exact) mass is 523 g/mol. The van der Waals surface area contributed by atoms with Gasteiger partial charge in [0, 0.05) is 6.21 Å². The van der Waals surface area contributed by atoms with Crippen LogP contribution >= 0.6 is 34.1 Å². The molecule has 2 aromatic carbocycles. The van der Waals surface area contributed by atoms with E-state index in [4.69, 9.17) is 23.2 Å². The summed E-state index contributed by atoms with van der Waals surface area (Å²) in [6, 6.07) is 5.91. The van der Waals surface area contributed by atoms with Crippen LogP contribution in [-0.4, -0.2) is 26.2 Å². The van der Waals surface area contributed by atoms with Crippen LogP contribution in [0.3, 0.4) is 0 Å². The first-order chi connectivity index (χ1) is 15.3. The van der Waals surface area contributed by atoms with Gasteiger partial charge in [0.05, 0.1) is 32.2 Å². The molecule has 0 radical (unpaired) electrons. The molecule has 3 aromatic rings. The van der Waals surface area contributed by atoms with Crippen molar-refractivity contribution in [3.63, 3.8) is 0 Å². The molecular formula is C21H16Cl2F5N3OS. The molecule has 1 heterocycles. The number of aromatic hydroxyl groups is 1. The Morgan fingerprint density at radius 3 is 2.27 bits per heavy atom. The highest BCUT2D eigenvalue weighted by Gasteiger charge is 2.33. The van der Waals surface area contributed by atoms with Crippen LogP contribution in [0.5, 0.6) is 5.75 Å². The SMILES string of the molecule is C/C(F)=S(\F)c1c(C)nn(-c2c(Cl)cc(C(F)(F)F)cc2Cl)c1/N=C/c1ccc(O)c(C)c1. The third-order valence-electron chi connectivity index (χ3n) is 4.52. The minimum absolute atomic E-state index is 0.0545. The van der Waals surface area contributed by atoms with Crippen molar-refractivity contribution in [2.75, 3.05) is 0 Å². The molecule has 33 heavy (non-hydrogen) atoms. The predicted octanol–water partition coefficient (Wildman–Crippen LogP) is 7.90. The van der Waals surface area contributed by atoms with Crippen molar-refractivity contribution in [3.05, 3.63) is 62.8 Å². The average Bonchev–Trinajstić information content (AvgIpc) is 3.02. The number of phenols is 1. The Labute approximate surface area is 198 Å². The lowest BCUT2D eigenvalue weighted by Crippen LogP contribution is -2.07. The van der Waals surface area contributed by atoms with Gasteiger partial charge >= 0.3 is 6.18 Å². The molecule has 0 aliphatic rings. The van der Waals surface area contributed by atoms with E-state index in [2.05, 4.69) is 10.1 Å². The van der Waals surface area contributed by atoms with Gasteiger partial charge in [0.25, 0.3) is 0 Å². The van der Waals surface area contributed by atoms with Crippen LogP contribution in [0.15, 0.2) is 40.2 Å². The number of aromatic nitrogens is 2. The first-order valence-corrected chi connectivity index (χ1v) is 11.1. The van der Waals surface area contributed by atoms with E-state index < -0.39 is 37.8 Å². The highest BCUT2D eigenvalue weighted by atomic mass is 35.5. The molecule has 1 aromatic heterocycles. The molecule has 0 saturated heterocycles. The van der Waals surface area contributed by atoms with Crippen molar-refractivity contribution in [3.8, 4) is 11.4 Å². The van der Waals surface area contributed by atoms with E-state index >= 15 is 0 Å². The Hall–Kier alpha value is -2.43. The first kappa shape index (κ1) is 25.2. The lowest BCUT2D eigenvalue weighted by atomic mass is 10.1. The van der Waals surface area contributed by atoms with Crippen molar-refractivity contribution in [1.29, 1.82) is 0 Å². The second-order valence-electron chi connectivity index (χ2n) is 6.97. The quantitative estimate of drug-likeness (QED) is 0.163. The number of aryl methyl sites for hydroxylation is 2. The maximum Gasteiger partial charge on any atom is 0.416 e. The topological polar surface area (TPSA) is 50.4 Å². The lowest BCUT2D eigenvalue weighted by Gasteiger charge is -2.13. The maximum absolute atomic E-state index is 14.8. The van der Waals surface area contributed by atoms with Gasteiger partial charge in [0.1, 0.15) is 16.3 Å². The molecule has 12 heteroatoms. The van der Waals surface area contributed by atoms with Gasteiger partial charge in [-0.15, -0.1) is 0 Å². The third kappa shape index (κ3) is 5.23. The van der Waals surface area contributed by atoms with Crippen molar-refractivity contribution in [1.82, 2.24) is 9.78 Å². The summed E-state index contributed by atoms with van der Waals surface area (Å²) in [7, 11) is -2.51. The van der Waals surface area contributed by atoms with Gasteiger partial charge in [-0.2, -0.15) is 22.2 Å². The Bertz CT molecular complexity index is 1270. The summed E-state index contributed by atoms with van der Waals surface area (Å²) < 4.78 is 69.0. The fourth-order valence-corrected chi connectivity index (χ4v) is 4.47. The van der Waals surface area contributed by atoms with E-state index in [0.29, 0.717) is 23.3 Å². The summed E-state index contributed by atoms with van der Waals surface area (Å²) in [5.74, 6) is -0.130. The zero-order chi connectivity index (χ0) is 24.7. The van der Waals surface area contributed by atoms with E-state index in [-0.39, 0.29) is 27.8 Å². The second-order valence-corrected chi connectivity index (χ2v) is 9.26. The Morgan fingerprint density at radius 1 is 1.15 bits per heavy atom. The molecule has 3 rings (SSSR count). The molecule has 4 nitrogen and oxygen atoms in total. The standard InChI is InChI=1S/C21H16Cl2F5N3OS/c1-10-6-13(4-5-17(10)32)9-29-20-19(33(28)12(3)24)11(2)30-31(20)18-15(22)7-14(8-16(18)23)21(25,26)27/h4-9,32H,1-3H3/b29-9+. The van der Waals surface area contributed by atoms with Crippen LogP contribution in [-0.2, 0) is 6.18 Å². The normalized spacial score (nSPS) is 13.6. The van der Waals surface area contributed by atoms with Crippen LogP contribution in [0.4, 0.5) is 27.3 Å². The van der Waals surface area contributed by atoms with Crippen LogP contribution in [0, 0.1) is 13.8 Å². The molecule has 0 fully saturated rings. The number of hydrogen-bond donors (Lipinski definition) is 1. The van der Waals surface area contributed by atoms with Gasteiger partial charge in [-0.05, 0) is 62.2 Å². The molecule has 1 N–H and O–H groups in total. The van der Waals surface area contributed by atoms with Gasteiger partial charge in [0.15, 0.2) is 10.9 Å². The number of halogens is 7. The molecular weight excluding hydrogens is 508 g/mol. The number of phenolic OH excluding ortho intramolecular Hbond substituents is 1. The molecule has 0 saturated carbocycles. The van der Waals surface area contributed by atoms with Gasteiger partial charge in [0.2, 0.25) is 0 Å². The van der Waals surface area contributed by atoms with Crippen molar-refractivity contribution in [2.24, 2.45) is 4.99 Å². The molecule has 0 aliphatic heterocycles. The third-order valence-corrected chi connectivity index (χ3v) is 6.43. The number of nitrogens with zero attached hydrogens (tertiary/aromatic N) is 3. The van der Waals surface area contributed by atoms with Crippen LogP contribution < -0.4 is 0 Å². The van der Waals surface area contributed by atoms with Crippen molar-refractivity contribution in [2.45, 2.75) is 31.8 Å². The molecule has 0 bridgehead atoms. The smallest absolute Gasteiger partial charge is 0.416 e. The fourth-order valence-electron chi connectivity index (χ4n) is 2.95. The summed E-state index contributed by atoms with van der Waals surface area (Å²) >= 11 is 12.2. The highest BCUT2D eigenvalue weighted by Crippen LogP contribution is 2.44. The van der Waals surface area contributed by atoms with Crippen LogP contribution in [0.25, 0.3) is 5.69 Å². The number of hydrogen-bond acceptors (Lipinski definition) is 3. The number of alkyl halides is 3. The molecule has 1 atom stereocenters. The van der Waals surface area contributed by atoms with Crippen LogP contribution in [0.1, 0.15) is 29.3 Å². The summed E-state index contributed by atoms with van der Waals surface area (Å²) in [5, 5.41) is 12.0. The summed E-state index contributed by atoms with van der Waals surface area (Å²) in [5.41, 5.74) is -0.114. The van der Waals surface area contributed by atoms with E-state index in [1.807, 2.05) is 0 Å². The van der Waals surface area contributed by atoms with Gasteiger partial charge < -0.3 is 5.11 Å². The van der Waals surface area contributed by atoms with Gasteiger partial charge in [-0.3, -0.25) is 0 Å². The second kappa shape index (κ2) is 9.44. The zero-order valence-corrected chi connectivity index (χ0v) is 19.6. The van der Waals surface area contributed by atoms with Gasteiger partial charge in [-0.1, -0.05) is 23.2 Å². The minimum atomic E-state index is -4.69. The van der Waals surface area contributed by atoms with Crippen molar-refractivity contribution >= 4 is 51.2 Å². The zero-order valence-electron chi connectivity index (χ0n) is 17.3. The summed E-state index contributed by atoms with van der Waals surface area (Å²) in [6.07, 6.45) is -3.38. The largest absolute Gasteiger partial charge is 0.508 e. The number of rotatable bonds is 4. The lowest BCUT2D eigenvalue weighted by molar-refractivity contribution is -0.137. The summed E-state index contributed by atoms with van der Waals surface area (Å²) in [6.45, 7) is 4.02. The maximum atomic E-state index is 14.8. The Morgan fingerprint density at radius 2 is 1.76 bits per heavy atom. The molecule has 0 spiro atoms. The Kier molecular flexibility index (Phi) is 7.21.